The molecule has 2 aromatic carbocycles. The number of nitrogens with zero attached hydrogens (tertiary/aromatic N) is 4. The third-order valence-electron chi connectivity index (χ3n) is 7.30. The Bertz CT molecular complexity index is 1530. The zero-order chi connectivity index (χ0) is 29.0. The van der Waals surface area contributed by atoms with Crippen molar-refractivity contribution in [1.82, 2.24) is 19.9 Å². The molecule has 1 atom stereocenters. The Labute approximate surface area is 236 Å². The molecular formula is C31H31F3N6O. The van der Waals surface area contributed by atoms with E-state index in [1.54, 1.807) is 48.9 Å². The molecule has 0 saturated carbocycles. The van der Waals surface area contributed by atoms with Crippen molar-refractivity contribution in [3.05, 3.63) is 95.4 Å². The second kappa shape index (κ2) is 12.1. The summed E-state index contributed by atoms with van der Waals surface area (Å²) in [5, 5.41) is 5.61. The van der Waals surface area contributed by atoms with E-state index in [4.69, 9.17) is 0 Å². The van der Waals surface area contributed by atoms with Crippen LogP contribution < -0.4 is 10.6 Å². The minimum absolute atomic E-state index is 0.0120. The molecule has 4 aromatic rings. The lowest BCUT2D eigenvalue weighted by Gasteiger charge is -2.22. The first-order valence-electron chi connectivity index (χ1n) is 13.5. The molecule has 1 aliphatic heterocycles. The Morgan fingerprint density at radius 2 is 1.88 bits per heavy atom. The Morgan fingerprint density at radius 1 is 1.02 bits per heavy atom. The van der Waals surface area contributed by atoms with Crippen LogP contribution in [0.3, 0.4) is 0 Å². The van der Waals surface area contributed by atoms with Crippen molar-refractivity contribution in [2.45, 2.75) is 38.3 Å². The van der Waals surface area contributed by atoms with Gasteiger partial charge in [0.1, 0.15) is 0 Å². The van der Waals surface area contributed by atoms with E-state index in [0.717, 1.165) is 36.9 Å². The maximum atomic E-state index is 14.1. The fraction of sp³-hybridized carbons (Fsp3) is 0.290. The normalized spacial score (nSPS) is 16.2. The van der Waals surface area contributed by atoms with E-state index in [1.165, 1.54) is 12.1 Å². The number of carbonyl (C=O) groups excluding carboxylic acids is 1. The highest BCUT2D eigenvalue weighted by molar-refractivity contribution is 6.05. The number of hydrogen-bond acceptors (Lipinski definition) is 6. The molecule has 0 bridgehead atoms. The molecule has 10 heteroatoms. The average molecular weight is 561 g/mol. The first-order chi connectivity index (χ1) is 19.7. The quantitative estimate of drug-likeness (QED) is 0.263. The van der Waals surface area contributed by atoms with E-state index in [2.05, 4.69) is 30.5 Å². The SMILES string of the molecule is Cc1ccc(C(=O)Nc2ccc(C3CCCCN(C)C3)cc2C(F)(F)F)cc1Nc1nccc(-c2cccnc2)n1. The van der Waals surface area contributed by atoms with E-state index < -0.39 is 17.6 Å². The molecule has 1 saturated heterocycles. The number of anilines is 3. The molecular weight excluding hydrogens is 529 g/mol. The molecule has 3 heterocycles. The van der Waals surface area contributed by atoms with Crippen LogP contribution in [0.4, 0.5) is 30.5 Å². The van der Waals surface area contributed by atoms with E-state index in [0.29, 0.717) is 29.4 Å². The Hall–Kier alpha value is -4.31. The fourth-order valence-electron chi connectivity index (χ4n) is 5.07. The summed E-state index contributed by atoms with van der Waals surface area (Å²) < 4.78 is 42.4. The van der Waals surface area contributed by atoms with Crippen molar-refractivity contribution in [3.63, 3.8) is 0 Å². The van der Waals surface area contributed by atoms with Gasteiger partial charge in [-0.1, -0.05) is 18.6 Å². The summed E-state index contributed by atoms with van der Waals surface area (Å²) in [5.41, 5.74) is 2.58. The van der Waals surface area contributed by atoms with Crippen LogP contribution in [0.5, 0.6) is 0 Å². The van der Waals surface area contributed by atoms with E-state index in [9.17, 15) is 18.0 Å². The highest BCUT2D eigenvalue weighted by Gasteiger charge is 2.35. The summed E-state index contributed by atoms with van der Waals surface area (Å²) in [5.74, 6) is -0.324. The van der Waals surface area contributed by atoms with Crippen molar-refractivity contribution < 1.29 is 18.0 Å². The van der Waals surface area contributed by atoms with Gasteiger partial charge in [-0.2, -0.15) is 13.2 Å². The second-order valence-electron chi connectivity index (χ2n) is 10.4. The molecule has 1 unspecified atom stereocenters. The predicted molar refractivity (Wildman–Crippen MR) is 153 cm³/mol. The van der Waals surface area contributed by atoms with Crippen molar-refractivity contribution in [3.8, 4) is 11.3 Å². The lowest BCUT2D eigenvalue weighted by atomic mass is 9.92. The topological polar surface area (TPSA) is 83.0 Å². The summed E-state index contributed by atoms with van der Waals surface area (Å²) >= 11 is 0. The van der Waals surface area contributed by atoms with Gasteiger partial charge in [-0.25, -0.2) is 9.97 Å². The summed E-state index contributed by atoms with van der Waals surface area (Å²) in [6.45, 7) is 3.49. The molecule has 41 heavy (non-hydrogen) atoms. The Morgan fingerprint density at radius 3 is 2.66 bits per heavy atom. The zero-order valence-electron chi connectivity index (χ0n) is 22.9. The number of nitrogens with one attached hydrogen (secondary N) is 2. The number of amides is 1. The monoisotopic (exact) mass is 560 g/mol. The number of rotatable bonds is 6. The maximum Gasteiger partial charge on any atom is 0.418 e. The zero-order valence-corrected chi connectivity index (χ0v) is 22.9. The number of likely N-dealkylation sites (tertiary alicyclic amines) is 1. The van der Waals surface area contributed by atoms with Gasteiger partial charge in [0, 0.05) is 41.9 Å². The number of alkyl halides is 3. The molecule has 0 aliphatic carbocycles. The lowest BCUT2D eigenvalue weighted by Crippen LogP contribution is -2.23. The van der Waals surface area contributed by atoms with E-state index in [1.807, 2.05) is 26.1 Å². The third kappa shape index (κ3) is 6.89. The lowest BCUT2D eigenvalue weighted by molar-refractivity contribution is -0.137. The minimum Gasteiger partial charge on any atom is -0.324 e. The van der Waals surface area contributed by atoms with Gasteiger partial charge >= 0.3 is 6.18 Å². The van der Waals surface area contributed by atoms with Crippen molar-refractivity contribution in [1.29, 1.82) is 0 Å². The number of likely N-dealkylation sites (N-methyl/N-ethyl adjacent to an activating group) is 1. The van der Waals surface area contributed by atoms with E-state index in [-0.39, 0.29) is 17.2 Å². The number of aryl methyl sites for hydroxylation is 1. The van der Waals surface area contributed by atoms with Crippen LogP contribution in [-0.2, 0) is 6.18 Å². The Kier molecular flexibility index (Phi) is 8.30. The Balaban J connectivity index is 1.37. The van der Waals surface area contributed by atoms with Crippen LogP contribution in [0.1, 0.15) is 52.2 Å². The fourth-order valence-corrected chi connectivity index (χ4v) is 5.07. The van der Waals surface area contributed by atoms with Gasteiger partial charge in [0.2, 0.25) is 5.95 Å². The predicted octanol–water partition coefficient (Wildman–Crippen LogP) is 7.06. The van der Waals surface area contributed by atoms with Crippen LogP contribution >= 0.6 is 0 Å². The van der Waals surface area contributed by atoms with Crippen molar-refractivity contribution in [2.24, 2.45) is 0 Å². The highest BCUT2D eigenvalue weighted by Crippen LogP contribution is 2.38. The number of carbonyl (C=O) groups is 1. The molecule has 2 N–H and O–H groups in total. The van der Waals surface area contributed by atoms with Gasteiger partial charge in [0.25, 0.3) is 5.91 Å². The first-order valence-corrected chi connectivity index (χ1v) is 13.5. The van der Waals surface area contributed by atoms with Crippen LogP contribution in [0.15, 0.2) is 73.2 Å². The second-order valence-corrected chi connectivity index (χ2v) is 10.4. The third-order valence-corrected chi connectivity index (χ3v) is 7.30. The smallest absolute Gasteiger partial charge is 0.324 e. The molecule has 0 spiro atoms. The molecule has 1 aliphatic rings. The summed E-state index contributed by atoms with van der Waals surface area (Å²) in [6.07, 6.45) is 3.19. The van der Waals surface area contributed by atoms with Gasteiger partial charge < -0.3 is 15.5 Å². The number of aromatic nitrogens is 3. The van der Waals surface area contributed by atoms with Crippen molar-refractivity contribution in [2.75, 3.05) is 30.8 Å². The number of hydrogen-bond donors (Lipinski definition) is 2. The van der Waals surface area contributed by atoms with Crippen LogP contribution in [0.2, 0.25) is 0 Å². The largest absolute Gasteiger partial charge is 0.418 e. The maximum absolute atomic E-state index is 14.1. The van der Waals surface area contributed by atoms with Gasteiger partial charge in [-0.05, 0) is 92.9 Å². The van der Waals surface area contributed by atoms with Crippen LogP contribution in [0.25, 0.3) is 11.3 Å². The highest BCUT2D eigenvalue weighted by atomic mass is 19.4. The molecule has 2 aromatic heterocycles. The first kappa shape index (κ1) is 28.2. The average Bonchev–Trinajstić information content (AvgIpc) is 3.18. The summed E-state index contributed by atoms with van der Waals surface area (Å²) in [4.78, 5) is 28.2. The van der Waals surface area contributed by atoms with E-state index >= 15 is 0 Å². The van der Waals surface area contributed by atoms with Gasteiger partial charge in [-0.3, -0.25) is 9.78 Å². The molecule has 1 amide bonds. The molecule has 1 fully saturated rings. The van der Waals surface area contributed by atoms with Gasteiger partial charge in [0.15, 0.2) is 0 Å². The van der Waals surface area contributed by atoms with Gasteiger partial charge in [0.05, 0.1) is 16.9 Å². The van der Waals surface area contributed by atoms with Crippen molar-refractivity contribution >= 4 is 23.2 Å². The number of pyridine rings is 1. The molecule has 0 radical (unpaired) electrons. The summed E-state index contributed by atoms with van der Waals surface area (Å²) in [6, 6.07) is 14.6. The molecule has 212 valence electrons. The standard InChI is InChI=1S/C31H31F3N6O/c1-20-8-9-22(17-28(20)39-30-36-14-12-26(38-30)23-7-5-13-35-18-23)29(41)37-27-11-10-21(16-25(27)31(32,33)34)24-6-3-4-15-40(2)19-24/h5,7-14,16-18,24H,3-4,6,15,19H2,1-2H3,(H,37,41)(H,36,38,39). The van der Waals surface area contributed by atoms with Gasteiger partial charge in [-0.15, -0.1) is 0 Å². The minimum atomic E-state index is -4.62. The van der Waals surface area contributed by atoms with Crippen LogP contribution in [0, 0.1) is 6.92 Å². The molecule has 5 rings (SSSR count). The van der Waals surface area contributed by atoms with Crippen LogP contribution in [-0.4, -0.2) is 45.9 Å². The summed E-state index contributed by atoms with van der Waals surface area (Å²) in [7, 11) is 1.99. The molecule has 7 nitrogen and oxygen atoms in total. The number of halogens is 3. The number of benzene rings is 2.